The van der Waals surface area contributed by atoms with E-state index in [1.54, 1.807) is 12.1 Å². The van der Waals surface area contributed by atoms with E-state index in [1.165, 1.54) is 20.3 Å². The second-order valence-corrected chi connectivity index (χ2v) is 6.77. The minimum absolute atomic E-state index is 0.00263. The number of hydrogen-bond donors (Lipinski definition) is 0. The lowest BCUT2D eigenvalue weighted by Gasteiger charge is -2.13. The van der Waals surface area contributed by atoms with Crippen LogP contribution in [0.15, 0.2) is 21.5 Å². The molecular weight excluding hydrogens is 426 g/mol. The number of carbonyl (C=O) groups excluding carboxylic acids is 3. The number of terminal acetylenes is 1. The standard InChI is InChI=1S/C17H14BrNO6S/c1-4-5-25-15-10(6-11(18)8-12(15)23-2)7-13-16(21)19(17(22)26-13)9-14(20)24-3/h1,6-8H,5,9H2,2-3H3/b13-7-. The Balaban J connectivity index is 2.41. The summed E-state index contributed by atoms with van der Waals surface area (Å²) < 4.78 is 16.0. The molecule has 7 nitrogen and oxygen atoms in total. The lowest BCUT2D eigenvalue weighted by molar-refractivity contribution is -0.143. The van der Waals surface area contributed by atoms with Crippen molar-refractivity contribution in [1.29, 1.82) is 0 Å². The number of hydrogen-bond acceptors (Lipinski definition) is 7. The molecule has 0 saturated carbocycles. The number of rotatable bonds is 6. The van der Waals surface area contributed by atoms with Gasteiger partial charge in [0.05, 0.1) is 19.1 Å². The van der Waals surface area contributed by atoms with Gasteiger partial charge in [0.1, 0.15) is 13.2 Å². The molecule has 1 aliphatic rings. The van der Waals surface area contributed by atoms with Crippen molar-refractivity contribution >= 4 is 50.9 Å². The maximum absolute atomic E-state index is 12.4. The third-order valence-electron chi connectivity index (χ3n) is 3.24. The fourth-order valence-corrected chi connectivity index (χ4v) is 3.37. The van der Waals surface area contributed by atoms with Gasteiger partial charge in [-0.2, -0.15) is 0 Å². The molecule has 1 heterocycles. The number of carbonyl (C=O) groups is 3. The molecule has 0 bridgehead atoms. The largest absolute Gasteiger partial charge is 0.493 e. The van der Waals surface area contributed by atoms with Crippen molar-refractivity contribution in [3.63, 3.8) is 0 Å². The maximum atomic E-state index is 12.4. The third-order valence-corrected chi connectivity index (χ3v) is 4.61. The maximum Gasteiger partial charge on any atom is 0.325 e. The summed E-state index contributed by atoms with van der Waals surface area (Å²) in [5, 5.41) is -0.556. The smallest absolute Gasteiger partial charge is 0.325 e. The highest BCUT2D eigenvalue weighted by molar-refractivity contribution is 9.10. The molecule has 0 radical (unpaired) electrons. The van der Waals surface area contributed by atoms with Crippen LogP contribution >= 0.6 is 27.7 Å². The number of imide groups is 1. The van der Waals surface area contributed by atoms with E-state index in [0.29, 0.717) is 21.5 Å². The Labute approximate surface area is 162 Å². The monoisotopic (exact) mass is 439 g/mol. The van der Waals surface area contributed by atoms with Crippen LogP contribution in [0.25, 0.3) is 6.08 Å². The number of nitrogens with zero attached hydrogens (tertiary/aromatic N) is 1. The van der Waals surface area contributed by atoms with Gasteiger partial charge in [-0.15, -0.1) is 6.42 Å². The molecule has 0 aromatic heterocycles. The van der Waals surface area contributed by atoms with Gasteiger partial charge < -0.3 is 14.2 Å². The van der Waals surface area contributed by atoms with Gasteiger partial charge in [0.15, 0.2) is 11.5 Å². The van der Waals surface area contributed by atoms with E-state index >= 15 is 0 Å². The normalized spacial score (nSPS) is 15.2. The van der Waals surface area contributed by atoms with E-state index < -0.39 is 23.7 Å². The van der Waals surface area contributed by atoms with E-state index in [1.807, 2.05) is 0 Å². The lowest BCUT2D eigenvalue weighted by Crippen LogP contribution is -2.34. The summed E-state index contributed by atoms with van der Waals surface area (Å²) >= 11 is 4.07. The molecule has 1 aromatic carbocycles. The zero-order valence-corrected chi connectivity index (χ0v) is 16.3. The van der Waals surface area contributed by atoms with Crippen LogP contribution < -0.4 is 9.47 Å². The highest BCUT2D eigenvalue weighted by Gasteiger charge is 2.36. The van der Waals surface area contributed by atoms with E-state index in [9.17, 15) is 14.4 Å². The fourth-order valence-electron chi connectivity index (χ4n) is 2.09. The summed E-state index contributed by atoms with van der Waals surface area (Å²) in [5.74, 6) is 1.84. The molecule has 0 N–H and O–H groups in total. The van der Waals surface area contributed by atoms with Gasteiger partial charge in [0.2, 0.25) is 0 Å². The summed E-state index contributed by atoms with van der Waals surface area (Å²) in [5.41, 5.74) is 0.495. The van der Waals surface area contributed by atoms with Crippen molar-refractivity contribution < 1.29 is 28.6 Å². The summed E-state index contributed by atoms with van der Waals surface area (Å²) in [7, 11) is 2.65. The summed E-state index contributed by atoms with van der Waals surface area (Å²) in [6.07, 6.45) is 6.72. The molecule has 9 heteroatoms. The predicted molar refractivity (Wildman–Crippen MR) is 99.7 cm³/mol. The molecule has 136 valence electrons. The average Bonchev–Trinajstić information content (AvgIpc) is 2.87. The third kappa shape index (κ3) is 4.39. The van der Waals surface area contributed by atoms with E-state index in [0.717, 1.165) is 16.7 Å². The number of thioether (sulfide) groups is 1. The molecule has 1 aromatic rings. The molecule has 1 fully saturated rings. The van der Waals surface area contributed by atoms with Crippen molar-refractivity contribution in [3.8, 4) is 23.8 Å². The molecule has 0 spiro atoms. The van der Waals surface area contributed by atoms with E-state index in [2.05, 4.69) is 26.6 Å². The molecule has 2 amide bonds. The molecule has 2 rings (SSSR count). The SMILES string of the molecule is C#CCOc1c(/C=C2\SC(=O)N(CC(=O)OC)C2=O)cc(Br)cc1OC. The molecule has 1 saturated heterocycles. The highest BCUT2D eigenvalue weighted by atomic mass is 79.9. The van der Waals surface area contributed by atoms with E-state index in [-0.39, 0.29) is 11.5 Å². The number of ether oxygens (including phenoxy) is 3. The van der Waals surface area contributed by atoms with Gasteiger partial charge in [0.25, 0.3) is 11.1 Å². The first-order valence-corrected chi connectivity index (χ1v) is 8.78. The zero-order chi connectivity index (χ0) is 19.3. The fraction of sp³-hybridized carbons (Fsp3) is 0.235. The van der Waals surface area contributed by atoms with Crippen LogP contribution in [-0.2, 0) is 14.3 Å². The molecular formula is C17H14BrNO6S. The van der Waals surface area contributed by atoms with Crippen molar-refractivity contribution in [1.82, 2.24) is 4.90 Å². The number of methoxy groups -OCH3 is 2. The number of benzene rings is 1. The highest BCUT2D eigenvalue weighted by Crippen LogP contribution is 2.39. The Morgan fingerprint density at radius 3 is 2.73 bits per heavy atom. The van der Waals surface area contributed by atoms with Crippen LogP contribution in [0.1, 0.15) is 5.56 Å². The minimum Gasteiger partial charge on any atom is -0.493 e. The average molecular weight is 440 g/mol. The zero-order valence-electron chi connectivity index (χ0n) is 13.9. The first kappa shape index (κ1) is 19.9. The number of halogens is 1. The second kappa shape index (κ2) is 8.78. The second-order valence-electron chi connectivity index (χ2n) is 4.86. The summed E-state index contributed by atoms with van der Waals surface area (Å²) in [6, 6.07) is 3.38. The minimum atomic E-state index is -0.685. The summed E-state index contributed by atoms with van der Waals surface area (Å²) in [4.78, 5) is 36.8. The summed E-state index contributed by atoms with van der Waals surface area (Å²) in [6.45, 7) is -0.441. The number of amides is 2. The predicted octanol–water partition coefficient (Wildman–Crippen LogP) is 2.68. The first-order chi connectivity index (χ1) is 12.4. The van der Waals surface area contributed by atoms with Crippen LogP contribution in [0, 0.1) is 12.3 Å². The molecule has 0 aliphatic carbocycles. The van der Waals surface area contributed by atoms with Crippen LogP contribution in [0.3, 0.4) is 0 Å². The van der Waals surface area contributed by atoms with Crippen molar-refractivity contribution in [2.45, 2.75) is 0 Å². The van der Waals surface area contributed by atoms with Gasteiger partial charge in [0, 0.05) is 10.0 Å². The Hall–Kier alpha value is -2.44. The quantitative estimate of drug-likeness (QED) is 0.382. The number of esters is 1. The van der Waals surface area contributed by atoms with Gasteiger partial charge in [-0.25, -0.2) is 0 Å². The molecule has 26 heavy (non-hydrogen) atoms. The topological polar surface area (TPSA) is 82.1 Å². The Bertz CT molecular complexity index is 829. The van der Waals surface area contributed by atoms with Crippen molar-refractivity contribution in [2.75, 3.05) is 27.4 Å². The molecule has 0 atom stereocenters. The molecule has 0 unspecified atom stereocenters. The van der Waals surface area contributed by atoms with Gasteiger partial charge >= 0.3 is 5.97 Å². The van der Waals surface area contributed by atoms with Crippen molar-refractivity contribution in [2.24, 2.45) is 0 Å². The Morgan fingerprint density at radius 2 is 2.12 bits per heavy atom. The van der Waals surface area contributed by atoms with Gasteiger partial charge in [-0.1, -0.05) is 21.9 Å². The molecule has 1 aliphatic heterocycles. The van der Waals surface area contributed by atoms with Crippen molar-refractivity contribution in [3.05, 3.63) is 27.1 Å². The van der Waals surface area contributed by atoms with Gasteiger partial charge in [-0.05, 0) is 30.0 Å². The Morgan fingerprint density at radius 1 is 1.38 bits per heavy atom. The lowest BCUT2D eigenvalue weighted by atomic mass is 10.1. The van der Waals surface area contributed by atoms with Crippen LogP contribution in [0.5, 0.6) is 11.5 Å². The Kier molecular flexibility index (Phi) is 6.71. The van der Waals surface area contributed by atoms with Gasteiger partial charge in [-0.3, -0.25) is 19.3 Å². The first-order valence-electron chi connectivity index (χ1n) is 7.17. The van der Waals surface area contributed by atoms with Crippen LogP contribution in [0.4, 0.5) is 4.79 Å². The van der Waals surface area contributed by atoms with Crippen LogP contribution in [0.2, 0.25) is 0 Å². The van der Waals surface area contributed by atoms with Crippen LogP contribution in [-0.4, -0.2) is 49.4 Å². The van der Waals surface area contributed by atoms with E-state index in [4.69, 9.17) is 15.9 Å².